The number of hydrogen-bond donors (Lipinski definition) is 0. The highest BCUT2D eigenvalue weighted by molar-refractivity contribution is 5.94. The van der Waals surface area contributed by atoms with Gasteiger partial charge < -0.3 is 14.5 Å². The number of rotatable bonds is 3. The van der Waals surface area contributed by atoms with Gasteiger partial charge in [0.15, 0.2) is 0 Å². The Morgan fingerprint density at radius 2 is 2.05 bits per heavy atom. The maximum atomic E-state index is 12.6. The Bertz CT molecular complexity index is 588. The van der Waals surface area contributed by atoms with E-state index >= 15 is 0 Å². The molecule has 2 aliphatic heterocycles. The molecule has 3 aliphatic rings. The molecule has 0 N–H and O–H groups in total. The van der Waals surface area contributed by atoms with Crippen LogP contribution in [-0.2, 0) is 9.53 Å². The number of aromatic nitrogens is 1. The standard InChI is InChI=1S/C16H19N3O3/c20-15-10-22-14-9-18(16(21)12-3-5-17-6-4-12)8-13(14)19(15)7-11-1-2-11/h3-6,11,13-14H,1-2,7-10H2/t13-,14+/m1/s1. The molecule has 4 rings (SSSR count). The van der Waals surface area contributed by atoms with E-state index in [4.69, 9.17) is 4.74 Å². The van der Waals surface area contributed by atoms with Crippen molar-refractivity contribution in [3.05, 3.63) is 30.1 Å². The number of likely N-dealkylation sites (tertiary alicyclic amines) is 1. The minimum atomic E-state index is -0.0535. The Hall–Kier alpha value is -1.95. The molecule has 2 amide bonds. The fourth-order valence-corrected chi connectivity index (χ4v) is 3.32. The highest BCUT2D eigenvalue weighted by atomic mass is 16.5. The highest BCUT2D eigenvalue weighted by Gasteiger charge is 2.45. The molecule has 0 spiro atoms. The molecule has 1 aromatic heterocycles. The van der Waals surface area contributed by atoms with Crippen molar-refractivity contribution in [2.24, 2.45) is 5.92 Å². The summed E-state index contributed by atoms with van der Waals surface area (Å²) in [4.78, 5) is 32.4. The Labute approximate surface area is 129 Å². The average molecular weight is 301 g/mol. The molecule has 6 heteroatoms. The molecule has 116 valence electrons. The zero-order valence-electron chi connectivity index (χ0n) is 12.4. The van der Waals surface area contributed by atoms with Crippen molar-refractivity contribution in [2.45, 2.75) is 25.0 Å². The van der Waals surface area contributed by atoms with Crippen LogP contribution < -0.4 is 0 Å². The minimum Gasteiger partial charge on any atom is -0.364 e. The predicted octanol–water partition coefficient (Wildman–Crippen LogP) is 0.543. The van der Waals surface area contributed by atoms with Gasteiger partial charge in [-0.1, -0.05) is 0 Å². The number of hydrogen-bond acceptors (Lipinski definition) is 4. The first-order chi connectivity index (χ1) is 10.7. The summed E-state index contributed by atoms with van der Waals surface area (Å²) in [6, 6.07) is 3.45. The summed E-state index contributed by atoms with van der Waals surface area (Å²) >= 11 is 0. The van der Waals surface area contributed by atoms with Gasteiger partial charge in [0, 0.05) is 37.6 Å². The van der Waals surface area contributed by atoms with E-state index in [9.17, 15) is 9.59 Å². The van der Waals surface area contributed by atoms with Gasteiger partial charge in [0.25, 0.3) is 5.91 Å². The summed E-state index contributed by atoms with van der Waals surface area (Å²) in [6.07, 6.45) is 5.61. The van der Waals surface area contributed by atoms with E-state index in [-0.39, 0.29) is 30.6 Å². The predicted molar refractivity (Wildman–Crippen MR) is 78.1 cm³/mol. The molecule has 1 aliphatic carbocycles. The number of nitrogens with zero attached hydrogens (tertiary/aromatic N) is 3. The zero-order chi connectivity index (χ0) is 15.1. The summed E-state index contributed by atoms with van der Waals surface area (Å²) in [5.74, 6) is 0.693. The molecular weight excluding hydrogens is 282 g/mol. The molecule has 2 saturated heterocycles. The van der Waals surface area contributed by atoms with E-state index in [0.717, 1.165) is 6.54 Å². The van der Waals surface area contributed by atoms with E-state index in [2.05, 4.69) is 4.98 Å². The van der Waals surface area contributed by atoms with E-state index in [1.807, 2.05) is 4.90 Å². The summed E-state index contributed by atoms with van der Waals surface area (Å²) in [5.41, 5.74) is 0.633. The number of carbonyl (C=O) groups excluding carboxylic acids is 2. The van der Waals surface area contributed by atoms with Crippen LogP contribution in [0.25, 0.3) is 0 Å². The van der Waals surface area contributed by atoms with Crippen LogP contribution in [0.5, 0.6) is 0 Å². The van der Waals surface area contributed by atoms with Gasteiger partial charge in [-0.15, -0.1) is 0 Å². The van der Waals surface area contributed by atoms with E-state index in [1.165, 1.54) is 12.8 Å². The molecule has 6 nitrogen and oxygen atoms in total. The lowest BCUT2D eigenvalue weighted by Crippen LogP contribution is -2.54. The first-order valence-electron chi connectivity index (χ1n) is 7.83. The van der Waals surface area contributed by atoms with Crippen LogP contribution in [0.4, 0.5) is 0 Å². The molecule has 3 heterocycles. The smallest absolute Gasteiger partial charge is 0.254 e. The van der Waals surface area contributed by atoms with E-state index < -0.39 is 0 Å². The number of carbonyl (C=O) groups is 2. The van der Waals surface area contributed by atoms with Crippen LogP contribution in [0.3, 0.4) is 0 Å². The van der Waals surface area contributed by atoms with Crippen molar-refractivity contribution in [1.29, 1.82) is 0 Å². The second-order valence-electron chi connectivity index (χ2n) is 6.35. The van der Waals surface area contributed by atoms with Crippen LogP contribution in [0.1, 0.15) is 23.2 Å². The zero-order valence-corrected chi connectivity index (χ0v) is 12.4. The fraction of sp³-hybridized carbons (Fsp3) is 0.562. The fourth-order valence-electron chi connectivity index (χ4n) is 3.32. The van der Waals surface area contributed by atoms with Gasteiger partial charge in [0.1, 0.15) is 6.61 Å². The molecule has 1 aromatic rings. The molecule has 0 radical (unpaired) electrons. The van der Waals surface area contributed by atoms with Crippen LogP contribution in [0, 0.1) is 5.92 Å². The normalized spacial score (nSPS) is 27.9. The number of morpholine rings is 1. The van der Waals surface area contributed by atoms with E-state index in [1.54, 1.807) is 29.4 Å². The molecule has 1 saturated carbocycles. The van der Waals surface area contributed by atoms with Crippen molar-refractivity contribution < 1.29 is 14.3 Å². The van der Waals surface area contributed by atoms with Gasteiger partial charge in [0.2, 0.25) is 5.91 Å². The van der Waals surface area contributed by atoms with Crippen LogP contribution in [0.2, 0.25) is 0 Å². The van der Waals surface area contributed by atoms with Crippen molar-refractivity contribution >= 4 is 11.8 Å². The molecule has 22 heavy (non-hydrogen) atoms. The average Bonchev–Trinajstić information content (AvgIpc) is 3.26. The lowest BCUT2D eigenvalue weighted by Gasteiger charge is -2.36. The van der Waals surface area contributed by atoms with Crippen molar-refractivity contribution in [2.75, 3.05) is 26.2 Å². The number of fused-ring (bicyclic) bond motifs is 1. The van der Waals surface area contributed by atoms with Gasteiger partial charge in [-0.25, -0.2) is 0 Å². The van der Waals surface area contributed by atoms with Crippen LogP contribution in [-0.4, -0.2) is 65.0 Å². The molecule has 3 fully saturated rings. The topological polar surface area (TPSA) is 62.7 Å². The third-order valence-electron chi connectivity index (χ3n) is 4.74. The quantitative estimate of drug-likeness (QED) is 0.817. The maximum absolute atomic E-state index is 12.6. The van der Waals surface area contributed by atoms with Gasteiger partial charge in [-0.2, -0.15) is 0 Å². The molecule has 0 unspecified atom stereocenters. The number of amides is 2. The Balaban J connectivity index is 1.49. The lowest BCUT2D eigenvalue weighted by atomic mass is 10.1. The van der Waals surface area contributed by atoms with Crippen molar-refractivity contribution in [1.82, 2.24) is 14.8 Å². The largest absolute Gasteiger partial charge is 0.364 e. The summed E-state index contributed by atoms with van der Waals surface area (Å²) in [7, 11) is 0. The second-order valence-corrected chi connectivity index (χ2v) is 6.35. The molecule has 0 aromatic carbocycles. The first-order valence-corrected chi connectivity index (χ1v) is 7.83. The van der Waals surface area contributed by atoms with Crippen molar-refractivity contribution in [3.8, 4) is 0 Å². The van der Waals surface area contributed by atoms with Gasteiger partial charge in [0.05, 0.1) is 12.1 Å². The Kier molecular flexibility index (Phi) is 3.33. The Morgan fingerprint density at radius 1 is 1.27 bits per heavy atom. The van der Waals surface area contributed by atoms with E-state index in [0.29, 0.717) is 24.6 Å². The number of pyridine rings is 1. The molecule has 0 bridgehead atoms. The lowest BCUT2D eigenvalue weighted by molar-refractivity contribution is -0.153. The second kappa shape index (κ2) is 5.35. The summed E-state index contributed by atoms with van der Waals surface area (Å²) in [5, 5.41) is 0. The van der Waals surface area contributed by atoms with Gasteiger partial charge in [-0.3, -0.25) is 14.6 Å². The van der Waals surface area contributed by atoms with Gasteiger partial charge in [-0.05, 0) is 30.9 Å². The Morgan fingerprint density at radius 3 is 2.77 bits per heavy atom. The van der Waals surface area contributed by atoms with Gasteiger partial charge >= 0.3 is 0 Å². The molecular formula is C16H19N3O3. The SMILES string of the molecule is O=C(c1ccncc1)N1C[C@@H]2OCC(=O)N(CC3CC3)[C@@H]2C1. The molecule has 2 atom stereocenters. The van der Waals surface area contributed by atoms with Crippen LogP contribution in [0.15, 0.2) is 24.5 Å². The maximum Gasteiger partial charge on any atom is 0.254 e. The summed E-state index contributed by atoms with van der Waals surface area (Å²) < 4.78 is 5.67. The van der Waals surface area contributed by atoms with Crippen molar-refractivity contribution in [3.63, 3.8) is 0 Å². The highest BCUT2D eigenvalue weighted by Crippen LogP contribution is 2.33. The first kappa shape index (κ1) is 13.7. The third kappa shape index (κ3) is 2.47. The third-order valence-corrected chi connectivity index (χ3v) is 4.74. The number of ether oxygens (including phenoxy) is 1. The van der Waals surface area contributed by atoms with Crippen LogP contribution >= 0.6 is 0 Å². The summed E-state index contributed by atoms with van der Waals surface area (Å²) in [6.45, 7) is 2.08. The monoisotopic (exact) mass is 301 g/mol. The minimum absolute atomic E-state index is 0.00707.